The summed E-state index contributed by atoms with van der Waals surface area (Å²) >= 11 is 1.83. The fourth-order valence-corrected chi connectivity index (χ4v) is 3.91. The van der Waals surface area contributed by atoms with Crippen LogP contribution in [-0.4, -0.2) is 98.2 Å². The Bertz CT molecular complexity index is 635. The van der Waals surface area contributed by atoms with E-state index in [0.29, 0.717) is 0 Å². The number of para-hydroxylation sites is 1. The summed E-state index contributed by atoms with van der Waals surface area (Å²) in [7, 11) is 8.41. The van der Waals surface area contributed by atoms with Crippen LogP contribution in [0.2, 0.25) is 0 Å². The Morgan fingerprint density at radius 3 is 2.04 bits per heavy atom. The van der Waals surface area contributed by atoms with Crippen LogP contribution in [0.15, 0.2) is 39.1 Å². The molecule has 25 heavy (non-hydrogen) atoms. The van der Waals surface area contributed by atoms with Crippen LogP contribution in [0.4, 0.5) is 5.69 Å². The molecule has 0 atom stereocenters. The average Bonchev–Trinajstić information content (AvgIpc) is 3.09. The van der Waals surface area contributed by atoms with Gasteiger partial charge in [-0.25, -0.2) is 4.99 Å². The van der Waals surface area contributed by atoms with Gasteiger partial charge in [-0.15, -0.1) is 11.8 Å². The minimum absolute atomic E-state index is 0.819. The van der Waals surface area contributed by atoms with Crippen molar-refractivity contribution >= 4 is 29.4 Å². The largest absolute Gasteiger partial charge is 0.344 e. The molecule has 0 amide bonds. The molecule has 3 rings (SSSR count). The molecular formula is C18H28N6S. The monoisotopic (exact) mass is 360 g/mol. The molecule has 0 unspecified atom stereocenters. The molecule has 2 aliphatic rings. The maximum absolute atomic E-state index is 4.90. The van der Waals surface area contributed by atoms with Gasteiger partial charge < -0.3 is 19.6 Å². The first-order chi connectivity index (χ1) is 12.1. The van der Waals surface area contributed by atoms with E-state index in [1.165, 1.54) is 4.90 Å². The smallest absolute Gasteiger partial charge is 0.201 e. The molecule has 6 nitrogen and oxygen atoms in total. The fourth-order valence-electron chi connectivity index (χ4n) is 3.08. The van der Waals surface area contributed by atoms with E-state index in [1.54, 1.807) is 0 Å². The summed E-state index contributed by atoms with van der Waals surface area (Å²) < 4.78 is 0. The number of thioether (sulfide) groups is 1. The summed E-state index contributed by atoms with van der Waals surface area (Å²) in [5.41, 5.74) is 1.05. The zero-order valence-electron chi connectivity index (χ0n) is 15.6. The van der Waals surface area contributed by atoms with E-state index in [9.17, 15) is 0 Å². The van der Waals surface area contributed by atoms with Crippen LogP contribution in [0, 0.1) is 0 Å². The minimum Gasteiger partial charge on any atom is -0.344 e. The van der Waals surface area contributed by atoms with E-state index in [4.69, 9.17) is 9.98 Å². The van der Waals surface area contributed by atoms with Gasteiger partial charge in [0.2, 0.25) is 5.96 Å². The Balaban J connectivity index is 1.64. The number of rotatable bonds is 5. The van der Waals surface area contributed by atoms with E-state index in [0.717, 1.165) is 56.1 Å². The molecule has 0 radical (unpaired) electrons. The highest BCUT2D eigenvalue weighted by atomic mass is 32.2. The molecule has 1 aromatic carbocycles. The number of aliphatic imine (C=N–C) groups is 2. The van der Waals surface area contributed by atoms with Gasteiger partial charge in [0.25, 0.3) is 0 Å². The van der Waals surface area contributed by atoms with Gasteiger partial charge in [0, 0.05) is 65.0 Å². The highest BCUT2D eigenvalue weighted by molar-refractivity contribution is 7.99. The zero-order valence-corrected chi connectivity index (χ0v) is 16.5. The van der Waals surface area contributed by atoms with Crippen molar-refractivity contribution in [2.45, 2.75) is 4.90 Å². The second-order valence-electron chi connectivity index (χ2n) is 6.60. The molecule has 0 N–H and O–H groups in total. The fraction of sp³-hybridized carbons (Fsp3) is 0.556. The Kier molecular flexibility index (Phi) is 5.73. The van der Waals surface area contributed by atoms with Gasteiger partial charge >= 0.3 is 0 Å². The van der Waals surface area contributed by atoms with E-state index < -0.39 is 0 Å². The zero-order chi connectivity index (χ0) is 17.8. The predicted molar refractivity (Wildman–Crippen MR) is 107 cm³/mol. The van der Waals surface area contributed by atoms with Gasteiger partial charge in [-0.3, -0.25) is 4.99 Å². The standard InChI is InChI=1S/C18H28N6S/c1-21-10-11-22(2)17(21)19-9-14-25-16-8-6-5-7-15(16)20-18-23(3)12-13-24(18)4/h5-8H,9-14H2,1-4H3. The summed E-state index contributed by atoms with van der Waals surface area (Å²) in [4.78, 5) is 19.7. The van der Waals surface area contributed by atoms with Gasteiger partial charge in [0.05, 0.1) is 12.2 Å². The molecule has 0 spiro atoms. The lowest BCUT2D eigenvalue weighted by molar-refractivity contribution is 0.553. The van der Waals surface area contributed by atoms with Crippen molar-refractivity contribution < 1.29 is 0 Å². The van der Waals surface area contributed by atoms with Gasteiger partial charge in [-0.1, -0.05) is 12.1 Å². The predicted octanol–water partition coefficient (Wildman–Crippen LogP) is 1.88. The highest BCUT2D eigenvalue weighted by Crippen LogP contribution is 2.30. The first kappa shape index (κ1) is 17.9. The van der Waals surface area contributed by atoms with E-state index >= 15 is 0 Å². The molecule has 2 aliphatic heterocycles. The summed E-state index contributed by atoms with van der Waals surface area (Å²) in [5.74, 6) is 3.10. The molecule has 2 heterocycles. The lowest BCUT2D eigenvalue weighted by Gasteiger charge is -2.17. The highest BCUT2D eigenvalue weighted by Gasteiger charge is 2.20. The number of likely N-dealkylation sites (N-methyl/N-ethyl adjacent to an activating group) is 4. The summed E-state index contributed by atoms with van der Waals surface area (Å²) in [6, 6.07) is 8.39. The molecule has 0 aromatic heterocycles. The van der Waals surface area contributed by atoms with Gasteiger partial charge in [0.1, 0.15) is 0 Å². The van der Waals surface area contributed by atoms with Crippen LogP contribution >= 0.6 is 11.8 Å². The van der Waals surface area contributed by atoms with Crippen molar-refractivity contribution in [1.82, 2.24) is 19.6 Å². The first-order valence-corrected chi connectivity index (χ1v) is 9.74. The van der Waals surface area contributed by atoms with E-state index in [1.807, 2.05) is 11.8 Å². The molecule has 2 saturated heterocycles. The van der Waals surface area contributed by atoms with Gasteiger partial charge in [-0.2, -0.15) is 0 Å². The summed E-state index contributed by atoms with van der Waals surface area (Å²) in [5, 5.41) is 0. The second kappa shape index (κ2) is 7.99. The maximum atomic E-state index is 4.90. The molecule has 2 fully saturated rings. The van der Waals surface area contributed by atoms with Crippen molar-refractivity contribution in [3.8, 4) is 0 Å². The minimum atomic E-state index is 0.819. The van der Waals surface area contributed by atoms with Crippen molar-refractivity contribution in [1.29, 1.82) is 0 Å². The quantitative estimate of drug-likeness (QED) is 0.592. The van der Waals surface area contributed by atoms with Crippen molar-refractivity contribution in [2.75, 3.05) is 66.7 Å². The van der Waals surface area contributed by atoms with E-state index in [2.05, 4.69) is 72.1 Å². The Hall–Kier alpha value is -1.89. The van der Waals surface area contributed by atoms with Crippen LogP contribution in [0.3, 0.4) is 0 Å². The lowest BCUT2D eigenvalue weighted by Crippen LogP contribution is -2.28. The molecular weight excluding hydrogens is 332 g/mol. The van der Waals surface area contributed by atoms with Crippen LogP contribution in [0.5, 0.6) is 0 Å². The van der Waals surface area contributed by atoms with Gasteiger partial charge in [0.15, 0.2) is 5.96 Å². The summed E-state index contributed by atoms with van der Waals surface area (Å²) in [6.07, 6.45) is 0. The molecule has 136 valence electrons. The Morgan fingerprint density at radius 2 is 1.40 bits per heavy atom. The molecule has 0 aliphatic carbocycles. The normalized spacial score (nSPS) is 17.8. The maximum Gasteiger partial charge on any atom is 0.201 e. The molecule has 0 saturated carbocycles. The third-order valence-corrected chi connectivity index (χ3v) is 5.64. The topological polar surface area (TPSA) is 37.7 Å². The van der Waals surface area contributed by atoms with Crippen molar-refractivity contribution in [3.05, 3.63) is 24.3 Å². The van der Waals surface area contributed by atoms with Crippen LogP contribution in [0.25, 0.3) is 0 Å². The van der Waals surface area contributed by atoms with Crippen LogP contribution in [-0.2, 0) is 0 Å². The lowest BCUT2D eigenvalue weighted by atomic mass is 10.3. The molecule has 7 heteroatoms. The van der Waals surface area contributed by atoms with E-state index in [-0.39, 0.29) is 0 Å². The number of benzene rings is 1. The average molecular weight is 361 g/mol. The first-order valence-electron chi connectivity index (χ1n) is 8.76. The molecule has 0 bridgehead atoms. The second-order valence-corrected chi connectivity index (χ2v) is 7.73. The SMILES string of the molecule is CN1CCN(C)C1=NCCSc1ccccc1N=C1N(C)CCN1C. The number of hydrogen-bond acceptors (Lipinski definition) is 3. The Labute approximate surface area is 155 Å². The van der Waals surface area contributed by atoms with Gasteiger partial charge in [-0.05, 0) is 12.1 Å². The summed E-state index contributed by atoms with van der Waals surface area (Å²) in [6.45, 7) is 5.00. The number of nitrogens with zero attached hydrogens (tertiary/aromatic N) is 6. The Morgan fingerprint density at radius 1 is 0.840 bits per heavy atom. The van der Waals surface area contributed by atoms with Crippen LogP contribution < -0.4 is 0 Å². The number of hydrogen-bond donors (Lipinski definition) is 0. The molecule has 1 aromatic rings. The third-order valence-electron chi connectivity index (χ3n) is 4.60. The van der Waals surface area contributed by atoms with Crippen molar-refractivity contribution in [3.63, 3.8) is 0 Å². The number of guanidine groups is 2. The third kappa shape index (κ3) is 4.21. The van der Waals surface area contributed by atoms with Crippen molar-refractivity contribution in [2.24, 2.45) is 9.98 Å². The van der Waals surface area contributed by atoms with Crippen LogP contribution in [0.1, 0.15) is 0 Å².